The van der Waals surface area contributed by atoms with Gasteiger partial charge in [0.2, 0.25) is 15.9 Å². The van der Waals surface area contributed by atoms with Crippen molar-refractivity contribution in [3.05, 3.63) is 12.4 Å². The van der Waals surface area contributed by atoms with Crippen LogP contribution >= 0.6 is 0 Å². The van der Waals surface area contributed by atoms with Gasteiger partial charge in [0.25, 0.3) is 0 Å². The third-order valence-corrected chi connectivity index (χ3v) is 4.46. The third-order valence-electron chi connectivity index (χ3n) is 3.08. The number of aryl methyl sites for hydroxylation is 1. The van der Waals surface area contributed by atoms with Crippen molar-refractivity contribution in [3.63, 3.8) is 0 Å². The van der Waals surface area contributed by atoms with Gasteiger partial charge >= 0.3 is 5.97 Å². The molecule has 1 aromatic rings. The van der Waals surface area contributed by atoms with Gasteiger partial charge in [-0.05, 0) is 6.42 Å². The highest BCUT2D eigenvalue weighted by Gasteiger charge is 2.23. The maximum absolute atomic E-state index is 12.0. The van der Waals surface area contributed by atoms with Crippen LogP contribution in [0.4, 0.5) is 0 Å². The van der Waals surface area contributed by atoms with Crippen LogP contribution in [0, 0.1) is 0 Å². The van der Waals surface area contributed by atoms with Crippen LogP contribution < -0.4 is 10.0 Å². The molecule has 2 heterocycles. The van der Waals surface area contributed by atoms with Crippen LogP contribution in [0.25, 0.3) is 0 Å². The summed E-state index contributed by atoms with van der Waals surface area (Å²) in [4.78, 5) is 21.4. The summed E-state index contributed by atoms with van der Waals surface area (Å²) in [5.74, 6) is -1.06. The Morgan fingerprint density at radius 1 is 1.57 bits per heavy atom. The molecule has 0 spiro atoms. The molecule has 0 aromatic carbocycles. The van der Waals surface area contributed by atoms with Gasteiger partial charge in [-0.3, -0.25) is 14.3 Å². The number of carboxylic acid groups (broad SMARTS) is 1. The molecular weight excluding hydrogens is 300 g/mol. The molecule has 116 valence electrons. The number of hydrogen-bond donors (Lipinski definition) is 3. The molecule has 0 aliphatic carbocycles. The van der Waals surface area contributed by atoms with E-state index in [-0.39, 0.29) is 36.4 Å². The quantitative estimate of drug-likeness (QED) is 0.586. The standard InChI is InChI=1S/C11H16N4O5S/c16-10-2-1-8(14-10)5-13-21(19,20)9-6-12-15(7-9)4-3-11(17)18/h6-8,13H,1-5H2,(H,14,16)(H,17,18). The monoisotopic (exact) mass is 316 g/mol. The van der Waals surface area contributed by atoms with Crippen molar-refractivity contribution >= 4 is 21.9 Å². The zero-order valence-electron chi connectivity index (χ0n) is 11.2. The van der Waals surface area contributed by atoms with Gasteiger partial charge in [0, 0.05) is 25.2 Å². The Morgan fingerprint density at radius 2 is 2.33 bits per heavy atom. The number of hydrogen-bond acceptors (Lipinski definition) is 5. The minimum atomic E-state index is -3.72. The highest BCUT2D eigenvalue weighted by Crippen LogP contribution is 2.10. The topological polar surface area (TPSA) is 130 Å². The summed E-state index contributed by atoms with van der Waals surface area (Å²) in [6.07, 6.45) is 3.30. The summed E-state index contributed by atoms with van der Waals surface area (Å²) in [6, 6.07) is -0.200. The van der Waals surface area contributed by atoms with Crippen molar-refractivity contribution in [1.82, 2.24) is 19.8 Å². The van der Waals surface area contributed by atoms with Gasteiger partial charge in [-0.15, -0.1) is 0 Å². The largest absolute Gasteiger partial charge is 0.481 e. The summed E-state index contributed by atoms with van der Waals surface area (Å²) in [5, 5.41) is 15.0. The zero-order valence-corrected chi connectivity index (χ0v) is 12.0. The lowest BCUT2D eigenvalue weighted by Crippen LogP contribution is -2.38. The average molecular weight is 316 g/mol. The fourth-order valence-corrected chi connectivity index (χ4v) is 2.97. The molecule has 0 saturated carbocycles. The lowest BCUT2D eigenvalue weighted by molar-refractivity contribution is -0.137. The van der Waals surface area contributed by atoms with Gasteiger partial charge in [0.15, 0.2) is 0 Å². The highest BCUT2D eigenvalue weighted by molar-refractivity contribution is 7.89. The zero-order chi connectivity index (χ0) is 15.5. The molecule has 1 aliphatic rings. The van der Waals surface area contributed by atoms with E-state index in [1.54, 1.807) is 0 Å². The maximum atomic E-state index is 12.0. The normalized spacial score (nSPS) is 18.7. The number of carbonyl (C=O) groups is 2. The molecule has 1 atom stereocenters. The van der Waals surface area contributed by atoms with Crippen molar-refractivity contribution in [2.75, 3.05) is 6.54 Å². The van der Waals surface area contributed by atoms with E-state index in [1.807, 2.05) is 0 Å². The average Bonchev–Trinajstić information content (AvgIpc) is 3.03. The summed E-state index contributed by atoms with van der Waals surface area (Å²) in [6.45, 7) is 0.220. The number of sulfonamides is 1. The summed E-state index contributed by atoms with van der Waals surface area (Å²) >= 11 is 0. The van der Waals surface area contributed by atoms with Crippen molar-refractivity contribution in [3.8, 4) is 0 Å². The van der Waals surface area contributed by atoms with Gasteiger partial charge in [0.05, 0.1) is 19.2 Å². The number of nitrogens with one attached hydrogen (secondary N) is 2. The van der Waals surface area contributed by atoms with Gasteiger partial charge in [-0.25, -0.2) is 13.1 Å². The van der Waals surface area contributed by atoms with Crippen LogP contribution in [-0.2, 0) is 26.2 Å². The fraction of sp³-hybridized carbons (Fsp3) is 0.545. The first-order valence-corrected chi connectivity index (χ1v) is 7.88. The number of rotatable bonds is 7. The van der Waals surface area contributed by atoms with E-state index in [0.29, 0.717) is 12.8 Å². The van der Waals surface area contributed by atoms with Gasteiger partial charge in [-0.2, -0.15) is 5.10 Å². The van der Waals surface area contributed by atoms with Gasteiger partial charge < -0.3 is 10.4 Å². The van der Waals surface area contributed by atoms with E-state index in [2.05, 4.69) is 15.1 Å². The molecule has 2 rings (SSSR count). The summed E-state index contributed by atoms with van der Waals surface area (Å²) < 4.78 is 27.7. The lowest BCUT2D eigenvalue weighted by atomic mass is 10.2. The minimum Gasteiger partial charge on any atom is -0.481 e. The van der Waals surface area contributed by atoms with Crippen LogP contribution in [-0.4, -0.2) is 47.8 Å². The van der Waals surface area contributed by atoms with Gasteiger partial charge in [0.1, 0.15) is 4.90 Å². The molecular formula is C11H16N4O5S. The van der Waals surface area contributed by atoms with Gasteiger partial charge in [-0.1, -0.05) is 0 Å². The first kappa shape index (κ1) is 15.4. The molecule has 10 heteroatoms. The number of amides is 1. The fourth-order valence-electron chi connectivity index (χ4n) is 1.94. The van der Waals surface area contributed by atoms with Crippen LogP contribution in [0.1, 0.15) is 19.3 Å². The molecule has 1 unspecified atom stereocenters. The molecule has 0 radical (unpaired) electrons. The second-order valence-electron chi connectivity index (χ2n) is 4.74. The Morgan fingerprint density at radius 3 is 2.95 bits per heavy atom. The lowest BCUT2D eigenvalue weighted by Gasteiger charge is -2.10. The van der Waals surface area contributed by atoms with E-state index >= 15 is 0 Å². The van der Waals surface area contributed by atoms with Crippen molar-refractivity contribution in [2.24, 2.45) is 0 Å². The molecule has 9 nitrogen and oxygen atoms in total. The van der Waals surface area contributed by atoms with Crippen molar-refractivity contribution < 1.29 is 23.1 Å². The predicted octanol–water partition coefficient (Wildman–Crippen LogP) is -1.09. The molecule has 1 amide bonds. The van der Waals surface area contributed by atoms with Crippen LogP contribution in [0.2, 0.25) is 0 Å². The number of aliphatic carboxylic acids is 1. The van der Waals surface area contributed by atoms with E-state index < -0.39 is 16.0 Å². The summed E-state index contributed by atoms with van der Waals surface area (Å²) in [7, 11) is -3.72. The Labute approximate surface area is 121 Å². The molecule has 1 fully saturated rings. The number of carbonyl (C=O) groups excluding carboxylic acids is 1. The highest BCUT2D eigenvalue weighted by atomic mass is 32.2. The second-order valence-corrected chi connectivity index (χ2v) is 6.50. The number of carboxylic acids is 1. The number of nitrogens with zero attached hydrogens (tertiary/aromatic N) is 2. The molecule has 1 aromatic heterocycles. The van der Waals surface area contributed by atoms with Crippen LogP contribution in [0.15, 0.2) is 17.3 Å². The second kappa shape index (κ2) is 6.22. The van der Waals surface area contributed by atoms with Crippen LogP contribution in [0.5, 0.6) is 0 Å². The smallest absolute Gasteiger partial charge is 0.305 e. The molecule has 1 aliphatic heterocycles. The molecule has 0 bridgehead atoms. The Kier molecular flexibility index (Phi) is 4.58. The Balaban J connectivity index is 1.92. The molecule has 1 saturated heterocycles. The number of aromatic nitrogens is 2. The maximum Gasteiger partial charge on any atom is 0.305 e. The van der Waals surface area contributed by atoms with Crippen LogP contribution in [0.3, 0.4) is 0 Å². The SMILES string of the molecule is O=C(O)CCn1cc(S(=O)(=O)NCC2CCC(=O)N2)cn1. The Hall–Kier alpha value is -1.94. The van der Waals surface area contributed by atoms with E-state index in [0.717, 1.165) is 6.20 Å². The van der Waals surface area contributed by atoms with E-state index in [9.17, 15) is 18.0 Å². The molecule has 21 heavy (non-hydrogen) atoms. The summed E-state index contributed by atoms with van der Waals surface area (Å²) in [5.41, 5.74) is 0. The first-order valence-electron chi connectivity index (χ1n) is 6.40. The predicted molar refractivity (Wildman–Crippen MR) is 70.8 cm³/mol. The molecule has 3 N–H and O–H groups in total. The Bertz CT molecular complexity index is 639. The first-order chi connectivity index (χ1) is 9.87. The van der Waals surface area contributed by atoms with E-state index in [1.165, 1.54) is 10.9 Å². The van der Waals surface area contributed by atoms with E-state index in [4.69, 9.17) is 5.11 Å². The van der Waals surface area contributed by atoms with Crippen molar-refractivity contribution in [1.29, 1.82) is 0 Å². The third kappa shape index (κ3) is 4.26. The van der Waals surface area contributed by atoms with Crippen molar-refractivity contribution in [2.45, 2.75) is 36.7 Å². The minimum absolute atomic E-state index is 0.0304.